The van der Waals surface area contributed by atoms with Crippen molar-refractivity contribution in [1.82, 2.24) is 10.4 Å². The number of hydrazone groups is 1. The van der Waals surface area contributed by atoms with Crippen molar-refractivity contribution in [3.05, 3.63) is 36.2 Å². The topological polar surface area (TPSA) is 79.7 Å². The summed E-state index contributed by atoms with van der Waals surface area (Å²) in [5.41, 5.74) is 8.74. The quantitative estimate of drug-likeness (QED) is 0.497. The number of thiocarbonyl (C=S) groups is 1. The molecule has 132 valence electrons. The zero-order valence-electron chi connectivity index (χ0n) is 14.5. The first-order valence-corrected chi connectivity index (χ1v) is 8.82. The van der Waals surface area contributed by atoms with Crippen LogP contribution in [0.4, 0.5) is 5.82 Å². The third kappa shape index (κ3) is 4.57. The molecule has 0 aliphatic carbocycles. The maximum atomic E-state index is 5.74. The largest absolute Gasteiger partial charge is 0.455 e. The number of anilines is 1. The molecule has 1 fully saturated rings. The van der Waals surface area contributed by atoms with Crippen LogP contribution in [0.25, 0.3) is 11.3 Å². The molecule has 3 rings (SSSR count). The number of aromatic nitrogens is 1. The van der Waals surface area contributed by atoms with Crippen LogP contribution in [0.2, 0.25) is 0 Å². The van der Waals surface area contributed by atoms with Crippen molar-refractivity contribution in [3.63, 3.8) is 0 Å². The standard InChI is InChI=1S/C18H23N5OS/c1-12-7-13(2)11-23(10-12)17-6-3-14(8-20-17)16-5-4-15(24-16)9-21-22-18(19)25/h3-6,8-9,12-13H,7,10-11H2,1-2H3,(H3,19,22,25). The minimum absolute atomic E-state index is 0.115. The van der Waals surface area contributed by atoms with Gasteiger partial charge in [0.2, 0.25) is 0 Å². The number of hydrogen-bond acceptors (Lipinski definition) is 5. The summed E-state index contributed by atoms with van der Waals surface area (Å²) in [6, 6.07) is 7.83. The second kappa shape index (κ2) is 7.65. The number of pyridine rings is 1. The molecule has 0 bridgehead atoms. The number of piperidine rings is 1. The summed E-state index contributed by atoms with van der Waals surface area (Å²) in [5, 5.41) is 4.00. The normalized spacial score (nSPS) is 20.8. The molecule has 7 heteroatoms. The van der Waals surface area contributed by atoms with Gasteiger partial charge in [-0.3, -0.25) is 5.43 Å². The Labute approximate surface area is 153 Å². The molecule has 2 aromatic heterocycles. The first-order chi connectivity index (χ1) is 12.0. The van der Waals surface area contributed by atoms with Gasteiger partial charge in [0, 0.05) is 24.8 Å². The van der Waals surface area contributed by atoms with Gasteiger partial charge < -0.3 is 15.1 Å². The second-order valence-electron chi connectivity index (χ2n) is 6.69. The van der Waals surface area contributed by atoms with Gasteiger partial charge in [-0.2, -0.15) is 5.10 Å². The summed E-state index contributed by atoms with van der Waals surface area (Å²) < 4.78 is 5.74. The number of nitrogens with one attached hydrogen (secondary N) is 1. The highest BCUT2D eigenvalue weighted by molar-refractivity contribution is 7.80. The fourth-order valence-electron chi connectivity index (χ4n) is 3.31. The fraction of sp³-hybridized carbons (Fsp3) is 0.389. The van der Waals surface area contributed by atoms with Crippen LogP contribution in [0.1, 0.15) is 26.0 Å². The van der Waals surface area contributed by atoms with Gasteiger partial charge >= 0.3 is 0 Å². The van der Waals surface area contributed by atoms with Crippen LogP contribution < -0.4 is 16.1 Å². The highest BCUT2D eigenvalue weighted by Gasteiger charge is 2.22. The van der Waals surface area contributed by atoms with E-state index >= 15 is 0 Å². The van der Waals surface area contributed by atoms with Gasteiger partial charge in [0.1, 0.15) is 17.3 Å². The lowest BCUT2D eigenvalue weighted by atomic mass is 9.92. The van der Waals surface area contributed by atoms with Crippen LogP contribution in [-0.4, -0.2) is 29.4 Å². The summed E-state index contributed by atoms with van der Waals surface area (Å²) in [5.74, 6) is 3.79. The van der Waals surface area contributed by atoms with Crippen molar-refractivity contribution in [2.24, 2.45) is 22.7 Å². The molecule has 3 N–H and O–H groups in total. The van der Waals surface area contributed by atoms with Crippen molar-refractivity contribution in [1.29, 1.82) is 0 Å². The maximum absolute atomic E-state index is 5.74. The summed E-state index contributed by atoms with van der Waals surface area (Å²) in [4.78, 5) is 6.99. The van der Waals surface area contributed by atoms with E-state index in [0.29, 0.717) is 17.6 Å². The molecule has 0 radical (unpaired) electrons. The van der Waals surface area contributed by atoms with Gasteiger partial charge in [-0.25, -0.2) is 4.98 Å². The molecular weight excluding hydrogens is 334 g/mol. The van der Waals surface area contributed by atoms with E-state index in [1.165, 1.54) is 12.6 Å². The monoisotopic (exact) mass is 357 g/mol. The Hall–Kier alpha value is -2.41. The average molecular weight is 357 g/mol. The Morgan fingerprint density at radius 3 is 2.72 bits per heavy atom. The van der Waals surface area contributed by atoms with E-state index in [1.807, 2.05) is 24.4 Å². The second-order valence-corrected chi connectivity index (χ2v) is 7.13. The van der Waals surface area contributed by atoms with Gasteiger partial charge in [-0.05, 0) is 54.7 Å². The van der Waals surface area contributed by atoms with Crippen molar-refractivity contribution in [2.45, 2.75) is 20.3 Å². The smallest absolute Gasteiger partial charge is 0.184 e. The van der Waals surface area contributed by atoms with Crippen LogP contribution >= 0.6 is 12.2 Å². The Kier molecular flexibility index (Phi) is 5.33. The Morgan fingerprint density at radius 2 is 2.08 bits per heavy atom. The van der Waals surface area contributed by atoms with Crippen molar-refractivity contribution in [3.8, 4) is 11.3 Å². The lowest BCUT2D eigenvalue weighted by Crippen LogP contribution is -2.39. The zero-order valence-corrected chi connectivity index (χ0v) is 15.3. The Balaban J connectivity index is 1.69. The molecule has 25 heavy (non-hydrogen) atoms. The van der Waals surface area contributed by atoms with E-state index in [2.05, 4.69) is 52.5 Å². The lowest BCUT2D eigenvalue weighted by molar-refractivity contribution is 0.355. The number of rotatable bonds is 4. The van der Waals surface area contributed by atoms with Gasteiger partial charge in [0.25, 0.3) is 0 Å². The number of nitrogens with two attached hydrogens (primary N) is 1. The molecule has 6 nitrogen and oxygen atoms in total. The Bertz CT molecular complexity index is 745. The molecule has 3 heterocycles. The fourth-order valence-corrected chi connectivity index (χ4v) is 3.36. The van der Waals surface area contributed by atoms with Gasteiger partial charge in [0.05, 0.1) is 6.21 Å². The van der Waals surface area contributed by atoms with Crippen molar-refractivity contribution < 1.29 is 4.42 Å². The molecule has 2 aromatic rings. The maximum Gasteiger partial charge on any atom is 0.184 e. The van der Waals surface area contributed by atoms with E-state index in [1.54, 1.807) is 0 Å². The predicted molar refractivity (Wildman–Crippen MR) is 105 cm³/mol. The van der Waals surface area contributed by atoms with Gasteiger partial charge in [-0.1, -0.05) is 13.8 Å². The molecular formula is C18H23N5OS. The first-order valence-electron chi connectivity index (χ1n) is 8.41. The predicted octanol–water partition coefficient (Wildman–Crippen LogP) is 2.99. The summed E-state index contributed by atoms with van der Waals surface area (Å²) >= 11 is 4.68. The molecule has 1 aliphatic rings. The third-order valence-electron chi connectivity index (χ3n) is 4.22. The highest BCUT2D eigenvalue weighted by atomic mass is 32.1. The van der Waals surface area contributed by atoms with Crippen molar-refractivity contribution in [2.75, 3.05) is 18.0 Å². The van der Waals surface area contributed by atoms with E-state index in [4.69, 9.17) is 10.2 Å². The average Bonchev–Trinajstić information content (AvgIpc) is 3.03. The minimum atomic E-state index is 0.115. The molecule has 0 saturated carbocycles. The molecule has 2 unspecified atom stereocenters. The highest BCUT2D eigenvalue weighted by Crippen LogP contribution is 2.27. The zero-order chi connectivity index (χ0) is 17.8. The van der Waals surface area contributed by atoms with Gasteiger partial charge in [-0.15, -0.1) is 0 Å². The van der Waals surface area contributed by atoms with Crippen LogP contribution in [0, 0.1) is 11.8 Å². The van der Waals surface area contributed by atoms with Crippen molar-refractivity contribution >= 4 is 29.4 Å². The van der Waals surface area contributed by atoms with E-state index in [9.17, 15) is 0 Å². The first kappa shape index (κ1) is 17.4. The molecule has 0 amide bonds. The van der Waals surface area contributed by atoms with E-state index < -0.39 is 0 Å². The van der Waals surface area contributed by atoms with Crippen LogP contribution in [0.3, 0.4) is 0 Å². The summed E-state index contributed by atoms with van der Waals surface area (Å²) in [6.07, 6.45) is 4.67. The Morgan fingerprint density at radius 1 is 1.32 bits per heavy atom. The number of furan rings is 1. The number of hydrogen-bond donors (Lipinski definition) is 2. The minimum Gasteiger partial charge on any atom is -0.455 e. The molecule has 2 atom stereocenters. The lowest BCUT2D eigenvalue weighted by Gasteiger charge is -2.35. The summed E-state index contributed by atoms with van der Waals surface area (Å²) in [7, 11) is 0. The van der Waals surface area contributed by atoms with Crippen LogP contribution in [0.5, 0.6) is 0 Å². The van der Waals surface area contributed by atoms with Crippen LogP contribution in [0.15, 0.2) is 40.0 Å². The number of nitrogens with zero attached hydrogens (tertiary/aromatic N) is 3. The van der Waals surface area contributed by atoms with Gasteiger partial charge in [0.15, 0.2) is 5.11 Å². The van der Waals surface area contributed by atoms with E-state index in [-0.39, 0.29) is 5.11 Å². The molecule has 0 spiro atoms. The summed E-state index contributed by atoms with van der Waals surface area (Å²) in [6.45, 7) is 6.73. The molecule has 0 aromatic carbocycles. The SMILES string of the molecule is CC1CC(C)CN(c2ccc(-c3ccc(C=NNC(N)=S)o3)cn2)C1. The third-order valence-corrected chi connectivity index (χ3v) is 4.31. The van der Waals surface area contributed by atoms with Crippen LogP contribution in [-0.2, 0) is 0 Å². The molecule has 1 aliphatic heterocycles. The molecule has 1 saturated heterocycles. The van der Waals surface area contributed by atoms with E-state index in [0.717, 1.165) is 30.2 Å².